The van der Waals surface area contributed by atoms with Crippen molar-refractivity contribution in [2.45, 2.75) is 0 Å². The number of carbonyl (C=O) groups is 1. The quantitative estimate of drug-likeness (QED) is 0.380. The molecule has 0 spiro atoms. The Balaban J connectivity index is 2.78. The van der Waals surface area contributed by atoms with Gasteiger partial charge in [0, 0.05) is 6.08 Å². The summed E-state index contributed by atoms with van der Waals surface area (Å²) in [6.45, 7) is 0.172. The van der Waals surface area contributed by atoms with Crippen LogP contribution >= 0.6 is 0 Å². The Hall–Kier alpha value is -1.25. The minimum atomic E-state index is -0.191. The first-order valence-corrected chi connectivity index (χ1v) is 2.50. The van der Waals surface area contributed by atoms with Gasteiger partial charge in [-0.05, 0) is 0 Å². The lowest BCUT2D eigenvalue weighted by Crippen LogP contribution is -2.09. The molecule has 0 aromatic heterocycles. The molecule has 0 radical (unpaired) electrons. The summed E-state index contributed by atoms with van der Waals surface area (Å²) in [6, 6.07) is 0. The van der Waals surface area contributed by atoms with Crippen molar-refractivity contribution in [2.75, 3.05) is 6.61 Å². The van der Waals surface area contributed by atoms with E-state index >= 15 is 0 Å². The van der Waals surface area contributed by atoms with Gasteiger partial charge in [-0.2, -0.15) is 0 Å². The van der Waals surface area contributed by atoms with Crippen molar-refractivity contribution in [3.63, 3.8) is 0 Å². The number of ketones is 1. The van der Waals surface area contributed by atoms with Gasteiger partial charge in [-0.15, -0.1) is 0 Å². The standard InChI is InChI=1S/C6H6O3/c7-3-5-4-9-2-1-6(5)8/h1-3,7H,4H2/b5-3+. The summed E-state index contributed by atoms with van der Waals surface area (Å²) < 4.78 is 4.71. The highest BCUT2D eigenvalue weighted by molar-refractivity contribution is 6.04. The number of carbonyl (C=O) groups excluding carboxylic acids is 1. The van der Waals surface area contributed by atoms with Gasteiger partial charge < -0.3 is 9.84 Å². The second-order valence-corrected chi connectivity index (χ2v) is 1.63. The van der Waals surface area contributed by atoms with E-state index in [4.69, 9.17) is 9.84 Å². The molecule has 0 bridgehead atoms. The van der Waals surface area contributed by atoms with Crippen molar-refractivity contribution in [1.29, 1.82) is 0 Å². The molecule has 3 nitrogen and oxygen atoms in total. The zero-order valence-electron chi connectivity index (χ0n) is 4.70. The zero-order chi connectivity index (χ0) is 6.69. The van der Waals surface area contributed by atoms with E-state index < -0.39 is 0 Å². The van der Waals surface area contributed by atoms with Gasteiger partial charge in [0.05, 0.1) is 18.1 Å². The predicted molar refractivity (Wildman–Crippen MR) is 30.8 cm³/mol. The molecule has 1 rings (SSSR count). The van der Waals surface area contributed by atoms with Gasteiger partial charge in [-0.3, -0.25) is 4.79 Å². The lowest BCUT2D eigenvalue weighted by molar-refractivity contribution is -0.112. The third kappa shape index (κ3) is 1.10. The number of allylic oxidation sites excluding steroid dienone is 1. The number of hydrogen-bond donors (Lipinski definition) is 1. The lowest BCUT2D eigenvalue weighted by atomic mass is 10.2. The third-order valence-electron chi connectivity index (χ3n) is 1.03. The molecule has 0 aliphatic carbocycles. The van der Waals surface area contributed by atoms with Crippen LogP contribution in [-0.2, 0) is 9.53 Å². The van der Waals surface area contributed by atoms with Gasteiger partial charge in [0.1, 0.15) is 6.61 Å². The van der Waals surface area contributed by atoms with E-state index in [0.717, 1.165) is 6.26 Å². The van der Waals surface area contributed by atoms with Crippen molar-refractivity contribution in [3.05, 3.63) is 24.2 Å². The molecule has 1 aliphatic rings. The van der Waals surface area contributed by atoms with Crippen LogP contribution in [0.5, 0.6) is 0 Å². The molecule has 0 atom stereocenters. The maximum absolute atomic E-state index is 10.6. The molecule has 1 heterocycles. The van der Waals surface area contributed by atoms with Gasteiger partial charge >= 0.3 is 0 Å². The summed E-state index contributed by atoms with van der Waals surface area (Å²) in [5.74, 6) is -0.191. The Morgan fingerprint density at radius 1 is 1.78 bits per heavy atom. The Bertz CT molecular complexity index is 179. The van der Waals surface area contributed by atoms with Gasteiger partial charge in [0.2, 0.25) is 0 Å². The van der Waals surface area contributed by atoms with E-state index in [2.05, 4.69) is 0 Å². The molecule has 0 saturated carbocycles. The minimum Gasteiger partial charge on any atom is -0.515 e. The molecule has 48 valence electrons. The van der Waals surface area contributed by atoms with Crippen LogP contribution in [0.4, 0.5) is 0 Å². The summed E-state index contributed by atoms with van der Waals surface area (Å²) in [5.41, 5.74) is 0.289. The summed E-state index contributed by atoms with van der Waals surface area (Å²) in [6.07, 6.45) is 3.35. The summed E-state index contributed by atoms with van der Waals surface area (Å²) >= 11 is 0. The molecule has 0 saturated heterocycles. The van der Waals surface area contributed by atoms with E-state index in [0.29, 0.717) is 0 Å². The highest BCUT2D eigenvalue weighted by Gasteiger charge is 2.09. The second kappa shape index (κ2) is 2.35. The van der Waals surface area contributed by atoms with Crippen molar-refractivity contribution < 1.29 is 14.6 Å². The predicted octanol–water partition coefficient (Wildman–Crippen LogP) is 0.541. The van der Waals surface area contributed by atoms with Gasteiger partial charge in [0.25, 0.3) is 0 Å². The average Bonchev–Trinajstić information content (AvgIpc) is 1.89. The van der Waals surface area contributed by atoms with Gasteiger partial charge in [-0.1, -0.05) is 0 Å². The van der Waals surface area contributed by atoms with E-state index in [1.54, 1.807) is 0 Å². The van der Waals surface area contributed by atoms with Crippen molar-refractivity contribution in [3.8, 4) is 0 Å². The van der Waals surface area contributed by atoms with Crippen LogP contribution < -0.4 is 0 Å². The highest BCUT2D eigenvalue weighted by Crippen LogP contribution is 2.03. The van der Waals surface area contributed by atoms with Gasteiger partial charge in [0.15, 0.2) is 5.78 Å². The first kappa shape index (κ1) is 5.88. The van der Waals surface area contributed by atoms with E-state index in [-0.39, 0.29) is 18.0 Å². The molecule has 9 heavy (non-hydrogen) atoms. The molecular weight excluding hydrogens is 120 g/mol. The first-order chi connectivity index (χ1) is 4.34. The normalized spacial score (nSPS) is 22.2. The molecule has 0 unspecified atom stereocenters. The van der Waals surface area contributed by atoms with Crippen LogP contribution in [0.3, 0.4) is 0 Å². The van der Waals surface area contributed by atoms with Crippen molar-refractivity contribution in [1.82, 2.24) is 0 Å². The Morgan fingerprint density at radius 3 is 3.00 bits per heavy atom. The van der Waals surface area contributed by atoms with Crippen LogP contribution in [0, 0.1) is 0 Å². The lowest BCUT2D eigenvalue weighted by Gasteiger charge is -2.05. The summed E-state index contributed by atoms with van der Waals surface area (Å²) in [4.78, 5) is 10.6. The Kier molecular flexibility index (Phi) is 1.53. The van der Waals surface area contributed by atoms with Crippen LogP contribution in [0.15, 0.2) is 24.2 Å². The molecule has 1 N–H and O–H groups in total. The van der Waals surface area contributed by atoms with Crippen LogP contribution in [-0.4, -0.2) is 17.5 Å². The van der Waals surface area contributed by atoms with Crippen LogP contribution in [0.1, 0.15) is 0 Å². The number of aliphatic hydroxyl groups excluding tert-OH is 1. The zero-order valence-corrected chi connectivity index (χ0v) is 4.70. The molecule has 1 aliphatic heterocycles. The second-order valence-electron chi connectivity index (χ2n) is 1.63. The third-order valence-corrected chi connectivity index (χ3v) is 1.03. The molecule has 0 fully saturated rings. The monoisotopic (exact) mass is 126 g/mol. The molecule has 0 aromatic carbocycles. The van der Waals surface area contributed by atoms with Crippen LogP contribution in [0.2, 0.25) is 0 Å². The Labute approximate surface area is 52.2 Å². The molecular formula is C6H6O3. The van der Waals surface area contributed by atoms with Crippen LogP contribution in [0.25, 0.3) is 0 Å². The number of ether oxygens (including phenoxy) is 1. The fourth-order valence-electron chi connectivity index (χ4n) is 0.527. The number of rotatable bonds is 0. The van der Waals surface area contributed by atoms with Crippen molar-refractivity contribution in [2.24, 2.45) is 0 Å². The Morgan fingerprint density at radius 2 is 2.56 bits per heavy atom. The fourth-order valence-corrected chi connectivity index (χ4v) is 0.527. The molecule has 0 aromatic rings. The first-order valence-electron chi connectivity index (χ1n) is 2.50. The fraction of sp³-hybridized carbons (Fsp3) is 0.167. The number of hydrogen-bond acceptors (Lipinski definition) is 3. The SMILES string of the molecule is O=C1C=COC/C1=C\O. The topological polar surface area (TPSA) is 46.5 Å². The van der Waals surface area contributed by atoms with E-state index in [1.807, 2.05) is 0 Å². The summed E-state index contributed by atoms with van der Waals surface area (Å²) in [7, 11) is 0. The van der Waals surface area contributed by atoms with E-state index in [1.165, 1.54) is 12.3 Å². The van der Waals surface area contributed by atoms with Gasteiger partial charge in [-0.25, -0.2) is 0 Å². The van der Waals surface area contributed by atoms with E-state index in [9.17, 15) is 4.79 Å². The minimum absolute atomic E-state index is 0.172. The largest absolute Gasteiger partial charge is 0.515 e. The highest BCUT2D eigenvalue weighted by atomic mass is 16.5. The molecule has 3 heteroatoms. The number of aliphatic hydroxyl groups is 1. The van der Waals surface area contributed by atoms with Crippen molar-refractivity contribution >= 4 is 5.78 Å². The molecule has 0 amide bonds. The maximum Gasteiger partial charge on any atom is 0.191 e. The maximum atomic E-state index is 10.6. The average molecular weight is 126 g/mol. The summed E-state index contributed by atoms with van der Waals surface area (Å²) in [5, 5.41) is 8.36. The smallest absolute Gasteiger partial charge is 0.191 e.